The van der Waals surface area contributed by atoms with Gasteiger partial charge in [-0.2, -0.15) is 0 Å². The Morgan fingerprint density at radius 3 is 2.53 bits per heavy atom. The molecule has 17 heavy (non-hydrogen) atoms. The Balaban J connectivity index is 2.72. The average molecular weight is 253 g/mol. The Morgan fingerprint density at radius 2 is 1.94 bits per heavy atom. The molecule has 0 saturated carbocycles. The smallest absolute Gasteiger partial charge is 0.0383 e. The molecule has 96 valence electrons. The van der Waals surface area contributed by atoms with Crippen LogP contribution in [0.2, 0.25) is 0 Å². The molecule has 1 aromatic carbocycles. The van der Waals surface area contributed by atoms with Crippen molar-refractivity contribution >= 4 is 10.8 Å². The molecule has 0 amide bonds. The van der Waals surface area contributed by atoms with Crippen LogP contribution in [0.1, 0.15) is 36.6 Å². The maximum atomic E-state index is 11.2. The number of nitrogens with one attached hydrogen (secondary N) is 1. The van der Waals surface area contributed by atoms with Gasteiger partial charge in [-0.15, -0.1) is 0 Å². The van der Waals surface area contributed by atoms with Crippen LogP contribution in [0.15, 0.2) is 18.2 Å². The van der Waals surface area contributed by atoms with Gasteiger partial charge in [-0.25, -0.2) is 0 Å². The molecule has 1 N–H and O–H groups in total. The van der Waals surface area contributed by atoms with Gasteiger partial charge in [-0.3, -0.25) is 4.21 Å². The average Bonchev–Trinajstić information content (AvgIpc) is 2.20. The van der Waals surface area contributed by atoms with Gasteiger partial charge in [-0.1, -0.05) is 23.8 Å². The van der Waals surface area contributed by atoms with Crippen LogP contribution in [0, 0.1) is 13.8 Å². The van der Waals surface area contributed by atoms with Crippen molar-refractivity contribution < 1.29 is 4.21 Å². The molecule has 0 aromatic heterocycles. The summed E-state index contributed by atoms with van der Waals surface area (Å²) in [6.07, 6.45) is 1.75. The molecule has 2 nitrogen and oxygen atoms in total. The van der Waals surface area contributed by atoms with Crippen molar-refractivity contribution in [3.05, 3.63) is 34.9 Å². The van der Waals surface area contributed by atoms with Gasteiger partial charge in [-0.05, 0) is 38.8 Å². The SMILES string of the molecule is Cc1ccc(C)c(C(C)NC(C)CS(C)=O)c1. The Labute approximate surface area is 107 Å². The largest absolute Gasteiger partial charge is 0.307 e. The fraction of sp³-hybridized carbons (Fsp3) is 0.571. The molecule has 3 unspecified atom stereocenters. The second-order valence-electron chi connectivity index (χ2n) is 4.89. The van der Waals surface area contributed by atoms with Gasteiger partial charge < -0.3 is 5.32 Å². The molecule has 3 heteroatoms. The lowest BCUT2D eigenvalue weighted by Gasteiger charge is -2.21. The highest BCUT2D eigenvalue weighted by Gasteiger charge is 2.12. The Kier molecular flexibility index (Phi) is 5.34. The Bertz CT molecular complexity index is 403. The molecule has 3 atom stereocenters. The summed E-state index contributed by atoms with van der Waals surface area (Å²) in [5, 5.41) is 3.50. The number of rotatable bonds is 5. The van der Waals surface area contributed by atoms with E-state index >= 15 is 0 Å². The fourth-order valence-corrected chi connectivity index (χ4v) is 2.94. The van der Waals surface area contributed by atoms with Crippen LogP contribution in [0.5, 0.6) is 0 Å². The summed E-state index contributed by atoms with van der Waals surface area (Å²) in [5.74, 6) is 0.704. The highest BCUT2D eigenvalue weighted by Crippen LogP contribution is 2.19. The van der Waals surface area contributed by atoms with Gasteiger partial charge in [0.2, 0.25) is 0 Å². The first kappa shape index (κ1) is 14.4. The second kappa shape index (κ2) is 6.31. The number of aryl methyl sites for hydroxylation is 2. The molecular weight excluding hydrogens is 230 g/mol. The summed E-state index contributed by atoms with van der Waals surface area (Å²) in [7, 11) is -0.741. The normalized spacial score (nSPS) is 16.5. The van der Waals surface area contributed by atoms with E-state index in [1.165, 1.54) is 16.7 Å². The second-order valence-corrected chi connectivity index (χ2v) is 6.37. The molecule has 0 fully saturated rings. The lowest BCUT2D eigenvalue weighted by molar-refractivity contribution is 0.506. The molecule has 0 aliphatic heterocycles. The third-order valence-corrected chi connectivity index (χ3v) is 3.89. The number of hydrogen-bond acceptors (Lipinski definition) is 2. The molecule has 1 rings (SSSR count). The topological polar surface area (TPSA) is 29.1 Å². The van der Waals surface area contributed by atoms with Crippen LogP contribution < -0.4 is 5.32 Å². The highest BCUT2D eigenvalue weighted by molar-refractivity contribution is 7.84. The van der Waals surface area contributed by atoms with Gasteiger partial charge in [0.25, 0.3) is 0 Å². The van der Waals surface area contributed by atoms with Crippen molar-refractivity contribution in [2.24, 2.45) is 0 Å². The third-order valence-electron chi connectivity index (χ3n) is 2.92. The molecule has 0 spiro atoms. The van der Waals surface area contributed by atoms with Gasteiger partial charge >= 0.3 is 0 Å². The van der Waals surface area contributed by atoms with E-state index in [4.69, 9.17) is 0 Å². The number of hydrogen-bond donors (Lipinski definition) is 1. The predicted molar refractivity (Wildman–Crippen MR) is 75.9 cm³/mol. The summed E-state index contributed by atoms with van der Waals surface area (Å²) < 4.78 is 11.2. The lowest BCUT2D eigenvalue weighted by atomic mass is 9.99. The molecule has 1 aromatic rings. The Morgan fingerprint density at radius 1 is 1.29 bits per heavy atom. The van der Waals surface area contributed by atoms with Crippen LogP contribution in [0.3, 0.4) is 0 Å². The maximum absolute atomic E-state index is 11.2. The quantitative estimate of drug-likeness (QED) is 0.874. The monoisotopic (exact) mass is 253 g/mol. The van der Waals surface area contributed by atoms with E-state index < -0.39 is 10.8 Å². The van der Waals surface area contributed by atoms with E-state index in [1.807, 2.05) is 0 Å². The molecule has 0 radical (unpaired) electrons. The van der Waals surface area contributed by atoms with E-state index in [0.29, 0.717) is 11.8 Å². The van der Waals surface area contributed by atoms with Crippen molar-refractivity contribution in [1.82, 2.24) is 5.32 Å². The first-order valence-corrected chi connectivity index (χ1v) is 7.76. The minimum atomic E-state index is -0.741. The predicted octanol–water partition coefficient (Wildman–Crippen LogP) is 2.72. The van der Waals surface area contributed by atoms with Crippen LogP contribution in [0.25, 0.3) is 0 Å². The van der Waals surface area contributed by atoms with Crippen molar-refractivity contribution in [2.75, 3.05) is 12.0 Å². The van der Waals surface area contributed by atoms with Crippen LogP contribution in [-0.2, 0) is 10.8 Å². The summed E-state index contributed by atoms with van der Waals surface area (Å²) >= 11 is 0. The van der Waals surface area contributed by atoms with E-state index in [-0.39, 0.29) is 6.04 Å². The van der Waals surface area contributed by atoms with Crippen molar-refractivity contribution in [3.63, 3.8) is 0 Å². The first-order valence-electron chi connectivity index (χ1n) is 6.03. The summed E-state index contributed by atoms with van der Waals surface area (Å²) in [5.41, 5.74) is 3.92. The lowest BCUT2D eigenvalue weighted by Crippen LogP contribution is -2.33. The fourth-order valence-electron chi connectivity index (χ4n) is 2.14. The zero-order chi connectivity index (χ0) is 13.0. The van der Waals surface area contributed by atoms with E-state index in [9.17, 15) is 4.21 Å². The molecule has 0 aliphatic rings. The van der Waals surface area contributed by atoms with Gasteiger partial charge in [0, 0.05) is 34.9 Å². The van der Waals surface area contributed by atoms with Crippen LogP contribution >= 0.6 is 0 Å². The summed E-state index contributed by atoms with van der Waals surface area (Å²) in [6, 6.07) is 7.09. The minimum absolute atomic E-state index is 0.274. The standard InChI is InChI=1S/C14H23NOS/c1-10-6-7-11(2)14(8-10)13(4)15-12(3)9-17(5)16/h6-8,12-13,15H,9H2,1-5H3. The minimum Gasteiger partial charge on any atom is -0.307 e. The highest BCUT2D eigenvalue weighted by atomic mass is 32.2. The third kappa shape index (κ3) is 4.60. The molecule has 0 heterocycles. The zero-order valence-corrected chi connectivity index (χ0v) is 12.2. The van der Waals surface area contributed by atoms with E-state index in [1.54, 1.807) is 6.26 Å². The van der Waals surface area contributed by atoms with Gasteiger partial charge in [0.15, 0.2) is 0 Å². The van der Waals surface area contributed by atoms with Crippen molar-refractivity contribution in [3.8, 4) is 0 Å². The maximum Gasteiger partial charge on any atom is 0.0383 e. The first-order chi connectivity index (χ1) is 7.90. The number of benzene rings is 1. The van der Waals surface area contributed by atoms with Crippen molar-refractivity contribution in [1.29, 1.82) is 0 Å². The van der Waals surface area contributed by atoms with Crippen LogP contribution in [0.4, 0.5) is 0 Å². The molecule has 0 saturated heterocycles. The van der Waals surface area contributed by atoms with Crippen LogP contribution in [-0.4, -0.2) is 22.3 Å². The summed E-state index contributed by atoms with van der Waals surface area (Å²) in [6.45, 7) is 8.50. The molecular formula is C14H23NOS. The van der Waals surface area contributed by atoms with E-state index in [0.717, 1.165) is 0 Å². The molecule has 0 bridgehead atoms. The van der Waals surface area contributed by atoms with Crippen molar-refractivity contribution in [2.45, 2.75) is 39.8 Å². The van der Waals surface area contributed by atoms with Gasteiger partial charge in [0.1, 0.15) is 0 Å². The Hall–Kier alpha value is -0.670. The zero-order valence-electron chi connectivity index (χ0n) is 11.4. The molecule has 0 aliphatic carbocycles. The van der Waals surface area contributed by atoms with Gasteiger partial charge in [0.05, 0.1) is 0 Å². The van der Waals surface area contributed by atoms with E-state index in [2.05, 4.69) is 51.2 Å². The summed E-state index contributed by atoms with van der Waals surface area (Å²) in [4.78, 5) is 0.